The third-order valence-corrected chi connectivity index (χ3v) is 2.18. The average Bonchev–Trinajstić information content (AvgIpc) is 2.24. The number of carboxylic acids is 1. The predicted molar refractivity (Wildman–Crippen MR) is 57.3 cm³/mol. The van der Waals surface area contributed by atoms with E-state index in [2.05, 4.69) is 4.28 Å². The maximum atomic E-state index is 10.8. The van der Waals surface area contributed by atoms with Crippen molar-refractivity contribution in [2.75, 3.05) is 0 Å². The first kappa shape index (κ1) is 13.6. The maximum Gasteiger partial charge on any atom is 0.413 e. The minimum Gasteiger partial charge on any atom is -0.480 e. The molecular weight excluding hydrogens is 250 g/mol. The molecule has 1 atom stereocenters. The molecule has 0 amide bonds. The summed E-state index contributed by atoms with van der Waals surface area (Å²) in [5.74, 6) is -1.29. The highest BCUT2D eigenvalue weighted by Crippen LogP contribution is 2.03. The van der Waals surface area contributed by atoms with Crippen LogP contribution in [0, 0.1) is 0 Å². The highest BCUT2D eigenvalue weighted by atomic mass is 32.3. The van der Waals surface area contributed by atoms with Gasteiger partial charge in [-0.2, -0.15) is 18.2 Å². The van der Waals surface area contributed by atoms with Crippen molar-refractivity contribution in [2.45, 2.75) is 12.5 Å². The van der Waals surface area contributed by atoms with E-state index in [9.17, 15) is 13.2 Å². The minimum atomic E-state index is -4.72. The lowest BCUT2D eigenvalue weighted by atomic mass is 10.1. The molecule has 94 valence electrons. The Labute approximate surface area is 97.9 Å². The summed E-state index contributed by atoms with van der Waals surface area (Å²) >= 11 is 0. The van der Waals surface area contributed by atoms with Crippen molar-refractivity contribution in [3.63, 3.8) is 0 Å². The fourth-order valence-corrected chi connectivity index (χ4v) is 1.39. The first-order chi connectivity index (χ1) is 7.88. The number of hydroxylamine groups is 1. The van der Waals surface area contributed by atoms with E-state index < -0.39 is 22.4 Å². The molecule has 7 nitrogen and oxygen atoms in total. The van der Waals surface area contributed by atoms with Crippen LogP contribution in [0.1, 0.15) is 5.56 Å². The van der Waals surface area contributed by atoms with Crippen LogP contribution in [0.5, 0.6) is 0 Å². The van der Waals surface area contributed by atoms with Crippen LogP contribution in [0.15, 0.2) is 30.3 Å². The van der Waals surface area contributed by atoms with Crippen molar-refractivity contribution in [3.8, 4) is 0 Å². The highest BCUT2D eigenvalue weighted by Gasteiger charge is 2.20. The number of hydrogen-bond donors (Lipinski definition) is 3. The molecule has 1 aromatic rings. The van der Waals surface area contributed by atoms with Crippen molar-refractivity contribution in [1.82, 2.24) is 5.48 Å². The van der Waals surface area contributed by atoms with Crippen LogP contribution in [-0.2, 0) is 25.9 Å². The normalized spacial score (nSPS) is 13.2. The van der Waals surface area contributed by atoms with Gasteiger partial charge in [-0.15, -0.1) is 0 Å². The SMILES string of the molecule is O=C(O)C(Cc1ccccc1)NOS(=O)(=O)O. The first-order valence-electron chi connectivity index (χ1n) is 4.56. The molecule has 0 aliphatic carbocycles. The summed E-state index contributed by atoms with van der Waals surface area (Å²) in [6, 6.07) is 7.30. The number of aliphatic carboxylic acids is 1. The maximum absolute atomic E-state index is 10.8. The number of benzene rings is 1. The lowest BCUT2D eigenvalue weighted by molar-refractivity contribution is -0.141. The Morgan fingerprint density at radius 2 is 1.94 bits per heavy atom. The molecule has 0 aliphatic rings. The molecule has 0 fully saturated rings. The Hall–Kier alpha value is -1.48. The van der Waals surface area contributed by atoms with E-state index in [1.807, 2.05) is 0 Å². The predicted octanol–water partition coefficient (Wildman–Crippen LogP) is 0.00630. The van der Waals surface area contributed by atoms with Crippen molar-refractivity contribution in [3.05, 3.63) is 35.9 Å². The van der Waals surface area contributed by atoms with Gasteiger partial charge in [0.2, 0.25) is 0 Å². The zero-order valence-corrected chi connectivity index (χ0v) is 9.42. The zero-order valence-electron chi connectivity index (χ0n) is 8.61. The number of nitrogens with one attached hydrogen (secondary N) is 1. The van der Waals surface area contributed by atoms with Crippen molar-refractivity contribution in [2.24, 2.45) is 0 Å². The Balaban J connectivity index is 2.65. The van der Waals surface area contributed by atoms with Crippen LogP contribution >= 0.6 is 0 Å². The van der Waals surface area contributed by atoms with Crippen LogP contribution in [0.2, 0.25) is 0 Å². The van der Waals surface area contributed by atoms with Gasteiger partial charge in [-0.3, -0.25) is 9.35 Å². The zero-order chi connectivity index (χ0) is 12.9. The third kappa shape index (κ3) is 5.41. The standard InChI is InChI=1S/C9H11NO6S/c11-9(12)8(10-16-17(13,14)15)6-7-4-2-1-3-5-7/h1-5,8,10H,6H2,(H,11,12)(H,13,14,15). The number of hydrogen-bond acceptors (Lipinski definition) is 5. The van der Waals surface area contributed by atoms with Crippen LogP contribution in [0.3, 0.4) is 0 Å². The molecule has 0 radical (unpaired) electrons. The minimum absolute atomic E-state index is 0.0195. The summed E-state index contributed by atoms with van der Waals surface area (Å²) in [4.78, 5) is 10.8. The second-order valence-electron chi connectivity index (χ2n) is 3.21. The van der Waals surface area contributed by atoms with E-state index in [-0.39, 0.29) is 6.42 Å². The van der Waals surface area contributed by atoms with E-state index in [1.54, 1.807) is 35.8 Å². The van der Waals surface area contributed by atoms with Crippen molar-refractivity contribution >= 4 is 16.4 Å². The van der Waals surface area contributed by atoms with Gasteiger partial charge < -0.3 is 5.11 Å². The van der Waals surface area contributed by atoms with Crippen LogP contribution < -0.4 is 5.48 Å². The molecule has 0 aliphatic heterocycles. The fourth-order valence-electron chi connectivity index (χ4n) is 1.15. The van der Waals surface area contributed by atoms with Gasteiger partial charge >= 0.3 is 16.4 Å². The molecule has 17 heavy (non-hydrogen) atoms. The molecule has 8 heteroatoms. The summed E-state index contributed by atoms with van der Waals surface area (Å²) in [5.41, 5.74) is 2.46. The quantitative estimate of drug-likeness (QED) is 0.488. The Morgan fingerprint density at radius 1 is 1.35 bits per heavy atom. The smallest absolute Gasteiger partial charge is 0.413 e. The fraction of sp³-hybridized carbons (Fsp3) is 0.222. The Morgan fingerprint density at radius 3 is 2.41 bits per heavy atom. The Bertz CT molecular complexity index is 472. The molecular formula is C9H11NO6S. The summed E-state index contributed by atoms with van der Waals surface area (Å²) in [6.07, 6.45) is 0.0195. The second-order valence-corrected chi connectivity index (χ2v) is 4.23. The lowest BCUT2D eigenvalue weighted by Crippen LogP contribution is -2.39. The molecule has 0 spiro atoms. The van der Waals surface area contributed by atoms with E-state index in [0.717, 1.165) is 0 Å². The molecule has 0 saturated carbocycles. The van der Waals surface area contributed by atoms with E-state index >= 15 is 0 Å². The van der Waals surface area contributed by atoms with Crippen LogP contribution in [0.4, 0.5) is 0 Å². The number of carbonyl (C=O) groups is 1. The van der Waals surface area contributed by atoms with Gasteiger partial charge in [-0.1, -0.05) is 30.3 Å². The molecule has 0 saturated heterocycles. The van der Waals surface area contributed by atoms with E-state index in [4.69, 9.17) is 9.66 Å². The van der Waals surface area contributed by atoms with Crippen molar-refractivity contribution < 1.29 is 27.2 Å². The largest absolute Gasteiger partial charge is 0.480 e. The van der Waals surface area contributed by atoms with Crippen LogP contribution in [-0.4, -0.2) is 30.1 Å². The first-order valence-corrected chi connectivity index (χ1v) is 5.93. The second kappa shape index (κ2) is 5.73. The summed E-state index contributed by atoms with van der Waals surface area (Å²) < 4.78 is 32.7. The molecule has 1 rings (SSSR count). The highest BCUT2D eigenvalue weighted by molar-refractivity contribution is 7.80. The summed E-state index contributed by atoms with van der Waals surface area (Å²) in [6.45, 7) is 0. The number of carboxylic acid groups (broad SMARTS) is 1. The van der Waals surface area contributed by atoms with Gasteiger partial charge in [0.15, 0.2) is 0 Å². The molecule has 0 bridgehead atoms. The Kier molecular flexibility index (Phi) is 4.58. The topological polar surface area (TPSA) is 113 Å². The summed E-state index contributed by atoms with van der Waals surface area (Å²) in [5, 5.41) is 8.81. The summed E-state index contributed by atoms with van der Waals surface area (Å²) in [7, 11) is -4.72. The molecule has 1 aromatic carbocycles. The monoisotopic (exact) mass is 261 g/mol. The van der Waals surface area contributed by atoms with Gasteiger partial charge in [-0.05, 0) is 5.56 Å². The van der Waals surface area contributed by atoms with Gasteiger partial charge in [0.1, 0.15) is 6.04 Å². The van der Waals surface area contributed by atoms with Gasteiger partial charge in [0, 0.05) is 6.42 Å². The molecule has 3 N–H and O–H groups in total. The van der Waals surface area contributed by atoms with Gasteiger partial charge in [0.25, 0.3) is 0 Å². The van der Waals surface area contributed by atoms with E-state index in [1.165, 1.54) is 0 Å². The van der Waals surface area contributed by atoms with Gasteiger partial charge in [-0.25, -0.2) is 0 Å². The van der Waals surface area contributed by atoms with E-state index in [0.29, 0.717) is 5.56 Å². The van der Waals surface area contributed by atoms with Gasteiger partial charge in [0.05, 0.1) is 0 Å². The third-order valence-electron chi connectivity index (χ3n) is 1.88. The lowest BCUT2D eigenvalue weighted by Gasteiger charge is -2.12. The molecule has 0 aromatic heterocycles. The van der Waals surface area contributed by atoms with Crippen LogP contribution in [0.25, 0.3) is 0 Å². The average molecular weight is 261 g/mol. The molecule has 1 unspecified atom stereocenters. The number of rotatable bonds is 6. The molecule has 0 heterocycles. The van der Waals surface area contributed by atoms with Crippen molar-refractivity contribution in [1.29, 1.82) is 0 Å².